The molecule has 0 spiro atoms. The van der Waals surface area contributed by atoms with Gasteiger partial charge in [-0.15, -0.1) is 0 Å². The third-order valence-corrected chi connectivity index (χ3v) is 3.15. The van der Waals surface area contributed by atoms with E-state index in [1.165, 1.54) is 24.5 Å². The van der Waals surface area contributed by atoms with Gasteiger partial charge >= 0.3 is 0 Å². The van der Waals surface area contributed by atoms with Crippen LogP contribution in [0.5, 0.6) is 0 Å². The van der Waals surface area contributed by atoms with Crippen LogP contribution in [0.4, 0.5) is 0 Å². The van der Waals surface area contributed by atoms with E-state index in [1.807, 2.05) is 0 Å². The zero-order valence-corrected chi connectivity index (χ0v) is 13.0. The Morgan fingerprint density at radius 2 is 1.82 bits per heavy atom. The molecule has 22 heavy (non-hydrogen) atoms. The maximum Gasteiger partial charge on any atom is 0.273 e. The van der Waals surface area contributed by atoms with E-state index in [-0.39, 0.29) is 0 Å². The molecule has 114 valence electrons. The smallest absolute Gasteiger partial charge is 0.273 e. The number of hydrogen-bond donors (Lipinski definition) is 2. The van der Waals surface area contributed by atoms with Crippen LogP contribution in [0.15, 0.2) is 41.0 Å². The van der Waals surface area contributed by atoms with Crippen molar-refractivity contribution in [2.24, 2.45) is 0 Å². The minimum atomic E-state index is -0.495. The van der Waals surface area contributed by atoms with Crippen molar-refractivity contribution in [3.63, 3.8) is 0 Å². The van der Waals surface area contributed by atoms with Crippen LogP contribution >= 0.6 is 23.2 Å². The maximum atomic E-state index is 11.7. The SMILES string of the molecule is Cc1occc1C(=O)NNC(=O)/C=C\c1cc(Cl)cc(Cl)c1. The minimum Gasteiger partial charge on any atom is -0.469 e. The summed E-state index contributed by atoms with van der Waals surface area (Å²) in [6, 6.07) is 6.42. The molecule has 5 nitrogen and oxygen atoms in total. The molecule has 0 saturated heterocycles. The molecule has 7 heteroatoms. The number of amides is 2. The molecule has 0 atom stereocenters. The number of furan rings is 1. The second-order valence-corrected chi connectivity index (χ2v) is 5.24. The molecule has 2 N–H and O–H groups in total. The quantitative estimate of drug-likeness (QED) is 0.665. The molecule has 2 amide bonds. The first-order valence-corrected chi connectivity index (χ1v) is 7.00. The number of carbonyl (C=O) groups excluding carboxylic acids is 2. The van der Waals surface area contributed by atoms with Crippen molar-refractivity contribution in [3.8, 4) is 0 Å². The van der Waals surface area contributed by atoms with Gasteiger partial charge < -0.3 is 4.42 Å². The highest BCUT2D eigenvalue weighted by atomic mass is 35.5. The molecular formula is C15H12Cl2N2O3. The molecule has 0 radical (unpaired) electrons. The Bertz CT molecular complexity index is 718. The molecule has 1 heterocycles. The van der Waals surface area contributed by atoms with Crippen LogP contribution < -0.4 is 10.9 Å². The van der Waals surface area contributed by atoms with Gasteiger partial charge in [-0.05, 0) is 42.8 Å². The topological polar surface area (TPSA) is 71.3 Å². The van der Waals surface area contributed by atoms with Gasteiger partial charge in [-0.25, -0.2) is 0 Å². The van der Waals surface area contributed by atoms with Crippen LogP contribution in [-0.2, 0) is 4.79 Å². The molecule has 0 aliphatic rings. The second kappa shape index (κ2) is 7.15. The van der Waals surface area contributed by atoms with Crippen LogP contribution in [0.25, 0.3) is 6.08 Å². The van der Waals surface area contributed by atoms with E-state index in [2.05, 4.69) is 10.9 Å². The number of halogens is 2. The van der Waals surface area contributed by atoms with Crippen LogP contribution in [0.3, 0.4) is 0 Å². The Hall–Kier alpha value is -2.24. The Labute approximate surface area is 136 Å². The fourth-order valence-corrected chi connectivity index (χ4v) is 2.23. The summed E-state index contributed by atoms with van der Waals surface area (Å²) in [4.78, 5) is 23.4. The molecule has 0 unspecified atom stereocenters. The number of hydrogen-bond acceptors (Lipinski definition) is 3. The van der Waals surface area contributed by atoms with Gasteiger partial charge in [0.05, 0.1) is 11.8 Å². The highest BCUT2D eigenvalue weighted by molar-refractivity contribution is 6.34. The molecule has 0 fully saturated rings. The number of hydrazine groups is 1. The van der Waals surface area contributed by atoms with Crippen molar-refractivity contribution in [3.05, 3.63) is 63.5 Å². The number of carbonyl (C=O) groups is 2. The lowest BCUT2D eigenvalue weighted by Crippen LogP contribution is -2.40. The molecule has 0 aliphatic heterocycles. The van der Waals surface area contributed by atoms with Crippen molar-refractivity contribution in [2.75, 3.05) is 0 Å². The summed E-state index contributed by atoms with van der Waals surface area (Å²) >= 11 is 11.7. The number of rotatable bonds is 3. The van der Waals surface area contributed by atoms with Crippen molar-refractivity contribution < 1.29 is 14.0 Å². The van der Waals surface area contributed by atoms with E-state index in [0.29, 0.717) is 26.9 Å². The third-order valence-electron chi connectivity index (χ3n) is 2.71. The summed E-state index contributed by atoms with van der Waals surface area (Å²) in [5, 5.41) is 0.938. The summed E-state index contributed by atoms with van der Waals surface area (Å²) in [5.74, 6) is -0.486. The van der Waals surface area contributed by atoms with E-state index < -0.39 is 11.8 Å². The summed E-state index contributed by atoms with van der Waals surface area (Å²) in [6.45, 7) is 1.65. The van der Waals surface area contributed by atoms with Gasteiger partial charge in [0.1, 0.15) is 5.76 Å². The lowest BCUT2D eigenvalue weighted by molar-refractivity contribution is -0.117. The van der Waals surface area contributed by atoms with Crippen molar-refractivity contribution in [2.45, 2.75) is 6.92 Å². The Morgan fingerprint density at radius 3 is 2.41 bits per heavy atom. The average Bonchev–Trinajstić information content (AvgIpc) is 2.88. The highest BCUT2D eigenvalue weighted by Crippen LogP contribution is 2.19. The molecular weight excluding hydrogens is 327 g/mol. The third kappa shape index (κ3) is 4.38. The second-order valence-electron chi connectivity index (χ2n) is 4.37. The molecule has 2 rings (SSSR count). The van der Waals surface area contributed by atoms with Gasteiger partial charge in [0, 0.05) is 16.1 Å². The molecule has 0 saturated carbocycles. The van der Waals surface area contributed by atoms with Crippen LogP contribution in [0.2, 0.25) is 10.0 Å². The molecule has 0 aliphatic carbocycles. The highest BCUT2D eigenvalue weighted by Gasteiger charge is 2.11. The molecule has 0 bridgehead atoms. The fraction of sp³-hybridized carbons (Fsp3) is 0.0667. The number of nitrogens with one attached hydrogen (secondary N) is 2. The summed E-state index contributed by atoms with van der Waals surface area (Å²) in [5.41, 5.74) is 5.57. The predicted molar refractivity (Wildman–Crippen MR) is 84.5 cm³/mol. The van der Waals surface area contributed by atoms with Crippen LogP contribution in [0, 0.1) is 6.92 Å². The van der Waals surface area contributed by atoms with Gasteiger partial charge in [0.25, 0.3) is 11.8 Å². The van der Waals surface area contributed by atoms with Crippen molar-refractivity contribution in [1.82, 2.24) is 10.9 Å². The lowest BCUT2D eigenvalue weighted by atomic mass is 10.2. The van der Waals surface area contributed by atoms with Gasteiger partial charge in [-0.1, -0.05) is 23.2 Å². The van der Waals surface area contributed by atoms with Crippen molar-refractivity contribution in [1.29, 1.82) is 0 Å². The Kier molecular flexibility index (Phi) is 5.25. The fourth-order valence-electron chi connectivity index (χ4n) is 1.69. The monoisotopic (exact) mass is 338 g/mol. The largest absolute Gasteiger partial charge is 0.469 e. The van der Waals surface area contributed by atoms with E-state index in [4.69, 9.17) is 27.6 Å². The van der Waals surface area contributed by atoms with Gasteiger partial charge in [-0.3, -0.25) is 20.4 Å². The predicted octanol–water partition coefficient (Wildman–Crippen LogP) is 3.37. The van der Waals surface area contributed by atoms with E-state index in [9.17, 15) is 9.59 Å². The minimum absolute atomic E-state index is 0.353. The van der Waals surface area contributed by atoms with Gasteiger partial charge in [0.15, 0.2) is 0 Å². The van der Waals surface area contributed by atoms with E-state index >= 15 is 0 Å². The van der Waals surface area contributed by atoms with E-state index in [1.54, 1.807) is 25.1 Å². The summed E-state index contributed by atoms with van der Waals surface area (Å²) in [7, 11) is 0. The number of aryl methyl sites for hydroxylation is 1. The first-order valence-electron chi connectivity index (χ1n) is 6.24. The van der Waals surface area contributed by atoms with E-state index in [0.717, 1.165) is 0 Å². The lowest BCUT2D eigenvalue weighted by Gasteiger charge is -2.04. The summed E-state index contributed by atoms with van der Waals surface area (Å²) in [6.07, 6.45) is 4.18. The first-order chi connectivity index (χ1) is 10.5. The maximum absolute atomic E-state index is 11.7. The molecule has 1 aromatic heterocycles. The van der Waals surface area contributed by atoms with Crippen LogP contribution in [-0.4, -0.2) is 11.8 Å². The average molecular weight is 339 g/mol. The molecule has 1 aromatic carbocycles. The number of benzene rings is 1. The molecule has 2 aromatic rings. The normalized spacial score (nSPS) is 10.7. The Morgan fingerprint density at radius 1 is 1.14 bits per heavy atom. The zero-order valence-electron chi connectivity index (χ0n) is 11.5. The zero-order chi connectivity index (χ0) is 16.1. The van der Waals surface area contributed by atoms with Gasteiger partial charge in [0.2, 0.25) is 0 Å². The standard InChI is InChI=1S/C15H12Cl2N2O3/c1-9-13(4-5-22-9)15(21)19-18-14(20)3-2-10-6-11(16)8-12(17)7-10/h2-8H,1H3,(H,18,20)(H,19,21)/b3-2-. The first kappa shape index (κ1) is 16.1. The van der Waals surface area contributed by atoms with Gasteiger partial charge in [-0.2, -0.15) is 0 Å². The summed E-state index contributed by atoms with van der Waals surface area (Å²) < 4.78 is 5.01. The van der Waals surface area contributed by atoms with Crippen LogP contribution in [0.1, 0.15) is 21.7 Å². The Balaban J connectivity index is 1.91. The van der Waals surface area contributed by atoms with Crippen molar-refractivity contribution >= 4 is 41.1 Å².